The van der Waals surface area contributed by atoms with E-state index in [1.54, 1.807) is 35.2 Å². The number of nitrogens with zero attached hydrogens (tertiary/aromatic N) is 2. The van der Waals surface area contributed by atoms with Gasteiger partial charge in [0.25, 0.3) is 10.0 Å². The number of carbonyl (C=O) groups is 1. The van der Waals surface area contributed by atoms with Crippen LogP contribution in [0.25, 0.3) is 0 Å². The summed E-state index contributed by atoms with van der Waals surface area (Å²) in [6.45, 7) is 10.1. The molecular formula is C22H30N2O4S. The van der Waals surface area contributed by atoms with Crippen LogP contribution >= 0.6 is 0 Å². The van der Waals surface area contributed by atoms with Gasteiger partial charge in [-0.05, 0) is 75.6 Å². The highest BCUT2D eigenvalue weighted by atomic mass is 32.2. The van der Waals surface area contributed by atoms with Gasteiger partial charge in [0.2, 0.25) is 5.91 Å². The third-order valence-corrected chi connectivity index (χ3v) is 6.57. The van der Waals surface area contributed by atoms with Gasteiger partial charge < -0.3 is 9.64 Å². The van der Waals surface area contributed by atoms with Gasteiger partial charge in [-0.1, -0.05) is 12.1 Å². The molecule has 0 atom stereocenters. The van der Waals surface area contributed by atoms with Gasteiger partial charge in [0.15, 0.2) is 0 Å². The van der Waals surface area contributed by atoms with Crippen molar-refractivity contribution in [2.24, 2.45) is 0 Å². The molecule has 0 radical (unpaired) electrons. The first kappa shape index (κ1) is 22.7. The van der Waals surface area contributed by atoms with E-state index in [0.29, 0.717) is 18.8 Å². The van der Waals surface area contributed by atoms with Gasteiger partial charge in [-0.3, -0.25) is 9.10 Å². The first-order valence-electron chi connectivity index (χ1n) is 9.67. The van der Waals surface area contributed by atoms with Crippen LogP contribution in [0, 0.1) is 20.8 Å². The molecule has 2 aromatic rings. The smallest absolute Gasteiger partial charge is 0.268 e. The number of anilines is 1. The number of rotatable bonds is 8. The number of carbonyl (C=O) groups excluding carboxylic acids is 1. The Hall–Kier alpha value is -2.54. The van der Waals surface area contributed by atoms with E-state index in [2.05, 4.69) is 0 Å². The van der Waals surface area contributed by atoms with Crippen LogP contribution in [0.3, 0.4) is 0 Å². The van der Waals surface area contributed by atoms with Crippen molar-refractivity contribution in [3.63, 3.8) is 0 Å². The Morgan fingerprint density at radius 2 is 1.52 bits per heavy atom. The van der Waals surface area contributed by atoms with Crippen molar-refractivity contribution in [3.8, 4) is 5.75 Å². The number of benzene rings is 2. The van der Waals surface area contributed by atoms with Crippen LogP contribution in [-0.4, -0.2) is 46.0 Å². The van der Waals surface area contributed by atoms with Gasteiger partial charge in [-0.2, -0.15) is 0 Å². The largest absolute Gasteiger partial charge is 0.495 e. The van der Waals surface area contributed by atoms with Gasteiger partial charge in [0.05, 0.1) is 12.8 Å². The minimum absolute atomic E-state index is 0.0477. The zero-order chi connectivity index (χ0) is 21.8. The molecule has 0 saturated carbocycles. The van der Waals surface area contributed by atoms with Crippen molar-refractivity contribution in [1.82, 2.24) is 4.90 Å². The number of hydrogen-bond acceptors (Lipinski definition) is 4. The predicted molar refractivity (Wildman–Crippen MR) is 116 cm³/mol. The second-order valence-electron chi connectivity index (χ2n) is 7.08. The van der Waals surface area contributed by atoms with Gasteiger partial charge in [-0.15, -0.1) is 0 Å². The number of likely N-dealkylation sites (N-methyl/N-ethyl adjacent to an activating group) is 1. The standard InChI is InChI=1S/C22H30N2O4S/c1-7-23(8-2)22(25)15-24(19-12-17(4)11-18(5)13-19)29(26,27)21-14-16(3)9-10-20(21)28-6/h9-14H,7-8,15H2,1-6H3. The molecule has 29 heavy (non-hydrogen) atoms. The molecular weight excluding hydrogens is 388 g/mol. The molecule has 2 rings (SSSR count). The molecule has 6 nitrogen and oxygen atoms in total. The highest BCUT2D eigenvalue weighted by molar-refractivity contribution is 7.93. The Morgan fingerprint density at radius 1 is 0.931 bits per heavy atom. The molecule has 0 spiro atoms. The maximum absolute atomic E-state index is 13.7. The van der Waals surface area contributed by atoms with Crippen LogP contribution in [0.1, 0.15) is 30.5 Å². The van der Waals surface area contributed by atoms with E-state index in [-0.39, 0.29) is 23.1 Å². The first-order chi connectivity index (χ1) is 13.6. The van der Waals surface area contributed by atoms with E-state index >= 15 is 0 Å². The molecule has 0 aliphatic rings. The van der Waals surface area contributed by atoms with Crippen molar-refractivity contribution in [2.45, 2.75) is 39.5 Å². The summed E-state index contributed by atoms with van der Waals surface area (Å²) in [6, 6.07) is 10.5. The van der Waals surface area contributed by atoms with E-state index in [1.165, 1.54) is 11.4 Å². The Balaban J connectivity index is 2.66. The summed E-state index contributed by atoms with van der Waals surface area (Å²) in [5.74, 6) is 0.00428. The van der Waals surface area contributed by atoms with Crippen LogP contribution in [-0.2, 0) is 14.8 Å². The SMILES string of the molecule is CCN(CC)C(=O)CN(c1cc(C)cc(C)c1)S(=O)(=O)c1cc(C)ccc1OC. The lowest BCUT2D eigenvalue weighted by Crippen LogP contribution is -2.43. The molecule has 0 fully saturated rings. The topological polar surface area (TPSA) is 66.9 Å². The lowest BCUT2D eigenvalue weighted by atomic mass is 10.1. The molecule has 0 saturated heterocycles. The Morgan fingerprint density at radius 3 is 2.03 bits per heavy atom. The number of sulfonamides is 1. The van der Waals surface area contributed by atoms with Gasteiger partial charge in [0, 0.05) is 13.1 Å². The predicted octanol–water partition coefficient (Wildman–Crippen LogP) is 3.68. The molecule has 7 heteroatoms. The van der Waals surface area contributed by atoms with Crippen LogP contribution in [0.5, 0.6) is 5.75 Å². The van der Waals surface area contributed by atoms with Crippen LogP contribution in [0.2, 0.25) is 0 Å². The number of methoxy groups -OCH3 is 1. The summed E-state index contributed by atoms with van der Waals surface area (Å²) >= 11 is 0. The lowest BCUT2D eigenvalue weighted by Gasteiger charge is -2.28. The molecule has 0 aliphatic carbocycles. The highest BCUT2D eigenvalue weighted by Crippen LogP contribution is 2.31. The van der Waals surface area contributed by atoms with E-state index in [4.69, 9.17) is 4.74 Å². The van der Waals surface area contributed by atoms with E-state index in [1.807, 2.05) is 40.7 Å². The molecule has 1 amide bonds. The number of amides is 1. The molecule has 0 N–H and O–H groups in total. The van der Waals surface area contributed by atoms with E-state index in [0.717, 1.165) is 16.7 Å². The van der Waals surface area contributed by atoms with Crippen LogP contribution in [0.4, 0.5) is 5.69 Å². The maximum Gasteiger partial charge on any atom is 0.268 e. The molecule has 0 bridgehead atoms. The average molecular weight is 419 g/mol. The van der Waals surface area contributed by atoms with Crippen LogP contribution in [0.15, 0.2) is 41.3 Å². The first-order valence-corrected chi connectivity index (χ1v) is 11.1. The normalized spacial score (nSPS) is 11.2. The van der Waals surface area contributed by atoms with Gasteiger partial charge in [0.1, 0.15) is 17.2 Å². The average Bonchev–Trinajstić information content (AvgIpc) is 2.66. The van der Waals surface area contributed by atoms with E-state index < -0.39 is 10.0 Å². The Kier molecular flexibility index (Phi) is 7.30. The Labute approximate surface area is 174 Å². The van der Waals surface area contributed by atoms with Crippen molar-refractivity contribution < 1.29 is 17.9 Å². The number of ether oxygens (including phenoxy) is 1. The fourth-order valence-corrected chi connectivity index (χ4v) is 4.95. The zero-order valence-corrected chi connectivity index (χ0v) is 18.8. The maximum atomic E-state index is 13.7. The van der Waals surface area contributed by atoms with Crippen molar-refractivity contribution in [2.75, 3.05) is 31.0 Å². The molecule has 0 aliphatic heterocycles. The summed E-state index contributed by atoms with van der Waals surface area (Å²) in [5, 5.41) is 0. The Bertz CT molecular complexity index is 962. The molecule has 158 valence electrons. The van der Waals surface area contributed by atoms with Gasteiger partial charge in [-0.25, -0.2) is 8.42 Å². The highest BCUT2D eigenvalue weighted by Gasteiger charge is 2.31. The minimum Gasteiger partial charge on any atom is -0.495 e. The molecule has 0 heterocycles. The summed E-state index contributed by atoms with van der Waals surface area (Å²) in [6.07, 6.45) is 0. The lowest BCUT2D eigenvalue weighted by molar-refractivity contribution is -0.129. The summed E-state index contributed by atoms with van der Waals surface area (Å²) in [4.78, 5) is 14.5. The van der Waals surface area contributed by atoms with Crippen LogP contribution < -0.4 is 9.04 Å². The third kappa shape index (κ3) is 5.09. The van der Waals surface area contributed by atoms with Gasteiger partial charge >= 0.3 is 0 Å². The molecule has 0 aromatic heterocycles. The summed E-state index contributed by atoms with van der Waals surface area (Å²) in [7, 11) is -2.60. The van der Waals surface area contributed by atoms with Crippen molar-refractivity contribution in [3.05, 3.63) is 53.1 Å². The quantitative estimate of drug-likeness (QED) is 0.656. The van der Waals surface area contributed by atoms with Crippen molar-refractivity contribution >= 4 is 21.6 Å². The second-order valence-corrected chi connectivity index (χ2v) is 8.91. The fourth-order valence-electron chi connectivity index (χ4n) is 3.31. The fraction of sp³-hybridized carbons (Fsp3) is 0.409. The number of hydrogen-bond donors (Lipinski definition) is 0. The molecule has 0 unspecified atom stereocenters. The number of aryl methyl sites for hydroxylation is 3. The van der Waals surface area contributed by atoms with E-state index in [9.17, 15) is 13.2 Å². The summed E-state index contributed by atoms with van der Waals surface area (Å²) in [5.41, 5.74) is 3.10. The summed E-state index contributed by atoms with van der Waals surface area (Å²) < 4.78 is 33.9. The van der Waals surface area contributed by atoms with Crippen molar-refractivity contribution in [1.29, 1.82) is 0 Å². The third-order valence-electron chi connectivity index (χ3n) is 4.78. The second kappa shape index (κ2) is 9.31. The molecule has 2 aromatic carbocycles. The zero-order valence-electron chi connectivity index (χ0n) is 18.0. The monoisotopic (exact) mass is 418 g/mol. The minimum atomic E-state index is -4.04.